The van der Waals surface area contributed by atoms with Crippen molar-refractivity contribution in [3.63, 3.8) is 0 Å². The van der Waals surface area contributed by atoms with Crippen molar-refractivity contribution in [3.8, 4) is 23.0 Å². The minimum atomic E-state index is -1.63. The van der Waals surface area contributed by atoms with Crippen LogP contribution in [0, 0.1) is 0 Å². The maximum Gasteiger partial charge on any atom is 0.186 e. The van der Waals surface area contributed by atoms with Gasteiger partial charge in [-0.15, -0.1) is 0 Å². The number of aromatic hydroxyl groups is 4. The minimum Gasteiger partial charge on any atom is -0.504 e. The van der Waals surface area contributed by atoms with Crippen molar-refractivity contribution in [3.05, 3.63) is 47.5 Å². The van der Waals surface area contributed by atoms with Crippen molar-refractivity contribution >= 4 is 5.78 Å². The number of benzene rings is 2. The first-order valence-electron chi connectivity index (χ1n) is 11.6. The van der Waals surface area contributed by atoms with Crippen LogP contribution in [-0.2, 0) is 27.1 Å². The molecule has 1 heterocycles. The van der Waals surface area contributed by atoms with E-state index in [0.29, 0.717) is 24.0 Å². The van der Waals surface area contributed by atoms with Crippen molar-refractivity contribution in [2.75, 3.05) is 6.61 Å². The highest BCUT2D eigenvalue weighted by Crippen LogP contribution is 2.29. The predicted molar refractivity (Wildman–Crippen MR) is 124 cm³/mol. The zero-order valence-corrected chi connectivity index (χ0v) is 19.5. The second-order valence-corrected chi connectivity index (χ2v) is 8.88. The molecule has 0 saturated carbocycles. The van der Waals surface area contributed by atoms with Gasteiger partial charge in [-0.1, -0.05) is 12.1 Å². The summed E-state index contributed by atoms with van der Waals surface area (Å²) in [5.74, 6) is -1.33. The monoisotopic (exact) mass is 508 g/mol. The molecule has 2 aromatic carbocycles. The molecule has 8 N–H and O–H groups in total. The summed E-state index contributed by atoms with van der Waals surface area (Å²) >= 11 is 0. The third-order valence-electron chi connectivity index (χ3n) is 6.16. The first-order chi connectivity index (χ1) is 17.1. The van der Waals surface area contributed by atoms with Gasteiger partial charge in [0.2, 0.25) is 0 Å². The molecule has 198 valence electrons. The number of rotatable bonds is 11. The van der Waals surface area contributed by atoms with Crippen LogP contribution in [0.2, 0.25) is 0 Å². The molecule has 1 aliphatic heterocycles. The molecule has 0 aromatic heterocycles. The lowest BCUT2D eigenvalue weighted by atomic mass is 9.98. The molecule has 1 fully saturated rings. The van der Waals surface area contributed by atoms with Crippen LogP contribution >= 0.6 is 0 Å². The van der Waals surface area contributed by atoms with Gasteiger partial charge in [0.05, 0.1) is 12.7 Å². The van der Waals surface area contributed by atoms with Crippen LogP contribution in [0.5, 0.6) is 23.0 Å². The van der Waals surface area contributed by atoms with Gasteiger partial charge in [0.25, 0.3) is 0 Å². The summed E-state index contributed by atoms with van der Waals surface area (Å²) in [5.41, 5.74) is 1.30. The van der Waals surface area contributed by atoms with Gasteiger partial charge in [-0.25, -0.2) is 0 Å². The number of ether oxygens (including phenoxy) is 2. The second kappa shape index (κ2) is 12.3. The Hall–Kier alpha value is -2.93. The first kappa shape index (κ1) is 27.7. The number of aliphatic hydroxyl groups excluding tert-OH is 4. The van der Waals surface area contributed by atoms with Crippen molar-refractivity contribution < 1.29 is 55.1 Å². The maximum absolute atomic E-state index is 12.8. The van der Waals surface area contributed by atoms with Crippen LogP contribution in [0.4, 0.5) is 0 Å². The molecule has 0 amide bonds. The lowest BCUT2D eigenvalue weighted by molar-refractivity contribution is -0.311. The molecule has 0 aliphatic carbocycles. The molecule has 11 nitrogen and oxygen atoms in total. The van der Waals surface area contributed by atoms with Crippen LogP contribution in [0.1, 0.15) is 30.4 Å². The van der Waals surface area contributed by atoms with Crippen LogP contribution in [0.25, 0.3) is 0 Å². The van der Waals surface area contributed by atoms with E-state index in [2.05, 4.69) is 0 Å². The summed E-state index contributed by atoms with van der Waals surface area (Å²) in [4.78, 5) is 12.8. The van der Waals surface area contributed by atoms with E-state index in [-0.39, 0.29) is 48.0 Å². The minimum absolute atomic E-state index is 0.0941. The Kier molecular flexibility index (Phi) is 9.49. The van der Waals surface area contributed by atoms with Gasteiger partial charge in [0.1, 0.15) is 30.2 Å². The third-order valence-corrected chi connectivity index (χ3v) is 6.16. The van der Waals surface area contributed by atoms with E-state index in [1.165, 1.54) is 24.3 Å². The van der Waals surface area contributed by atoms with Gasteiger partial charge in [-0.3, -0.25) is 4.79 Å². The van der Waals surface area contributed by atoms with E-state index in [9.17, 15) is 45.6 Å². The van der Waals surface area contributed by atoms with Crippen molar-refractivity contribution in [1.82, 2.24) is 0 Å². The Bertz CT molecular complexity index is 1030. The topological polar surface area (TPSA) is 197 Å². The fraction of sp³-hybridized carbons (Fsp3) is 0.480. The number of phenols is 4. The molecule has 1 aliphatic rings. The molecular weight excluding hydrogens is 476 g/mol. The summed E-state index contributed by atoms with van der Waals surface area (Å²) in [7, 11) is 0. The Labute approximate surface area is 207 Å². The molecule has 0 spiro atoms. The molecule has 3 rings (SSSR count). The SMILES string of the molecule is O=C(CCc1ccc(O)c(O)c1)C[C@H](CCc1ccc(O)c(O)c1)OC1O[C@H](CO)[C@@H](O)[C@H](O)[C@H]1O. The number of Topliss-reactive ketones (excluding diaryl/α,β-unsaturated/α-hetero) is 1. The van der Waals surface area contributed by atoms with Gasteiger partial charge in [0.15, 0.2) is 29.3 Å². The van der Waals surface area contributed by atoms with Crippen molar-refractivity contribution in [2.45, 2.75) is 68.9 Å². The largest absolute Gasteiger partial charge is 0.504 e. The molecule has 1 saturated heterocycles. The Morgan fingerprint density at radius 3 is 1.97 bits per heavy atom. The summed E-state index contributed by atoms with van der Waals surface area (Å²) in [5, 5.41) is 78.1. The smallest absolute Gasteiger partial charge is 0.186 e. The van der Waals surface area contributed by atoms with E-state index < -0.39 is 43.4 Å². The van der Waals surface area contributed by atoms with Crippen molar-refractivity contribution in [1.29, 1.82) is 0 Å². The van der Waals surface area contributed by atoms with E-state index in [4.69, 9.17) is 9.47 Å². The Balaban J connectivity index is 1.68. The van der Waals surface area contributed by atoms with Gasteiger partial charge >= 0.3 is 0 Å². The van der Waals surface area contributed by atoms with Crippen LogP contribution < -0.4 is 0 Å². The molecule has 11 heteroatoms. The summed E-state index contributed by atoms with van der Waals surface area (Å²) < 4.78 is 11.2. The van der Waals surface area contributed by atoms with Crippen molar-refractivity contribution in [2.24, 2.45) is 0 Å². The molecule has 2 aromatic rings. The second-order valence-electron chi connectivity index (χ2n) is 8.88. The van der Waals surface area contributed by atoms with Crippen LogP contribution in [0.3, 0.4) is 0 Å². The van der Waals surface area contributed by atoms with Gasteiger partial charge in [-0.2, -0.15) is 0 Å². The molecule has 36 heavy (non-hydrogen) atoms. The normalized spacial score (nSPS) is 24.9. The number of carbonyl (C=O) groups is 1. The number of aliphatic hydroxyl groups is 4. The average Bonchev–Trinajstić information content (AvgIpc) is 2.85. The molecule has 1 unspecified atom stereocenters. The molecule has 6 atom stereocenters. The highest BCUT2D eigenvalue weighted by molar-refractivity contribution is 5.79. The predicted octanol–water partition coefficient (Wildman–Crippen LogP) is 0.219. The van der Waals surface area contributed by atoms with E-state index >= 15 is 0 Å². The van der Waals surface area contributed by atoms with E-state index in [1.54, 1.807) is 12.1 Å². The number of ketones is 1. The fourth-order valence-electron chi connectivity index (χ4n) is 4.00. The number of carbonyl (C=O) groups excluding carboxylic acids is 1. The van der Waals surface area contributed by atoms with Gasteiger partial charge < -0.3 is 50.3 Å². The number of aryl methyl sites for hydroxylation is 2. The maximum atomic E-state index is 12.8. The Morgan fingerprint density at radius 1 is 0.833 bits per heavy atom. The summed E-state index contributed by atoms with van der Waals surface area (Å²) in [6.07, 6.45) is -7.32. The third kappa shape index (κ3) is 7.06. The van der Waals surface area contributed by atoms with E-state index in [1.807, 2.05) is 0 Å². The summed E-state index contributed by atoms with van der Waals surface area (Å²) in [6, 6.07) is 8.57. The van der Waals surface area contributed by atoms with Crippen LogP contribution in [-0.4, -0.2) is 90.1 Å². The van der Waals surface area contributed by atoms with Gasteiger partial charge in [-0.05, 0) is 54.7 Å². The number of hydrogen-bond acceptors (Lipinski definition) is 11. The quantitative estimate of drug-likeness (QED) is 0.193. The highest BCUT2D eigenvalue weighted by atomic mass is 16.7. The van der Waals surface area contributed by atoms with Crippen LogP contribution in [0.15, 0.2) is 36.4 Å². The number of hydrogen-bond donors (Lipinski definition) is 8. The zero-order chi connectivity index (χ0) is 26.4. The molecule has 0 radical (unpaired) electrons. The van der Waals surface area contributed by atoms with Gasteiger partial charge in [0, 0.05) is 12.8 Å². The molecule has 0 bridgehead atoms. The zero-order valence-electron chi connectivity index (χ0n) is 19.5. The summed E-state index contributed by atoms with van der Waals surface area (Å²) in [6.45, 7) is -0.624. The first-order valence-corrected chi connectivity index (χ1v) is 11.6. The Morgan fingerprint density at radius 2 is 1.42 bits per heavy atom. The highest BCUT2D eigenvalue weighted by Gasteiger charge is 2.44. The molecular formula is C25H32O11. The van der Waals surface area contributed by atoms with E-state index in [0.717, 1.165) is 0 Å². The fourth-order valence-corrected chi connectivity index (χ4v) is 4.00. The number of phenolic OH excluding ortho intramolecular Hbond substituents is 4. The average molecular weight is 509 g/mol. The standard InChI is InChI=1S/C25H32O11/c26-12-21-22(32)23(33)24(34)25(36-21)35-16(6-2-14-4-8-18(29)20(31)10-14)11-15(27)5-1-13-3-7-17(28)19(30)9-13/h3-4,7-10,16,21-26,28-34H,1-2,5-6,11-12H2/t16-,21+,22+,23-,24+,25?/m0/s1. The lowest BCUT2D eigenvalue weighted by Crippen LogP contribution is -2.59. The lowest BCUT2D eigenvalue weighted by Gasteiger charge is -2.40.